The summed E-state index contributed by atoms with van der Waals surface area (Å²) < 4.78 is 18.1. The molecule has 0 aliphatic carbocycles. The fourth-order valence-electron chi connectivity index (χ4n) is 2.58. The van der Waals surface area contributed by atoms with Crippen molar-refractivity contribution in [2.75, 3.05) is 23.4 Å². The quantitative estimate of drug-likeness (QED) is 0.883. The molecule has 1 heterocycles. The minimum Gasteiger partial charge on any atom is -0.484 e. The Hall–Kier alpha value is -2.60. The first-order valence-corrected chi connectivity index (χ1v) is 8.19. The molecule has 1 N–H and O–H groups in total. The van der Waals surface area contributed by atoms with Crippen molar-refractivity contribution in [3.05, 3.63) is 53.3 Å². The normalized spacial score (nSPS) is 13.8. The lowest BCUT2D eigenvalue weighted by atomic mass is 10.2. The van der Waals surface area contributed by atoms with E-state index in [0.29, 0.717) is 35.1 Å². The van der Waals surface area contributed by atoms with Gasteiger partial charge < -0.3 is 15.0 Å². The first-order valence-electron chi connectivity index (χ1n) is 7.81. The maximum atomic E-state index is 12.8. The van der Waals surface area contributed by atoms with Crippen LogP contribution in [0.2, 0.25) is 5.02 Å². The summed E-state index contributed by atoms with van der Waals surface area (Å²) in [4.78, 5) is 25.4. The van der Waals surface area contributed by atoms with Gasteiger partial charge in [-0.1, -0.05) is 11.6 Å². The van der Waals surface area contributed by atoms with Crippen LogP contribution in [0.25, 0.3) is 0 Å². The molecule has 3 rings (SSSR count). The maximum Gasteiger partial charge on any atom is 0.262 e. The van der Waals surface area contributed by atoms with Crippen molar-refractivity contribution < 1.29 is 18.7 Å². The number of hydrogen-bond donors (Lipinski definition) is 1. The maximum absolute atomic E-state index is 12.8. The zero-order valence-corrected chi connectivity index (χ0v) is 14.1. The summed E-state index contributed by atoms with van der Waals surface area (Å²) in [6, 6.07) is 10.4. The standard InChI is InChI=1S/C18H16ClFN2O3/c19-15-10-13(5-8-16(15)22-9-1-2-18(22)24)21-17(23)11-25-14-6-3-12(20)4-7-14/h3-8,10H,1-2,9,11H2,(H,21,23). The van der Waals surface area contributed by atoms with Crippen LogP contribution < -0.4 is 15.0 Å². The summed E-state index contributed by atoms with van der Waals surface area (Å²) >= 11 is 6.23. The molecule has 1 saturated heterocycles. The summed E-state index contributed by atoms with van der Waals surface area (Å²) in [5, 5.41) is 3.06. The van der Waals surface area contributed by atoms with E-state index < -0.39 is 0 Å². The van der Waals surface area contributed by atoms with Crippen LogP contribution in [0.4, 0.5) is 15.8 Å². The van der Waals surface area contributed by atoms with Gasteiger partial charge >= 0.3 is 0 Å². The number of rotatable bonds is 5. The van der Waals surface area contributed by atoms with E-state index in [1.165, 1.54) is 24.3 Å². The second-order valence-corrected chi connectivity index (χ2v) is 6.01. The van der Waals surface area contributed by atoms with Crippen LogP contribution in [0.3, 0.4) is 0 Å². The van der Waals surface area contributed by atoms with Gasteiger partial charge in [0.2, 0.25) is 5.91 Å². The van der Waals surface area contributed by atoms with E-state index in [4.69, 9.17) is 16.3 Å². The summed E-state index contributed by atoms with van der Waals surface area (Å²) in [6.45, 7) is 0.436. The van der Waals surface area contributed by atoms with Crippen LogP contribution in [-0.4, -0.2) is 25.0 Å². The minimum atomic E-state index is -0.372. The molecular weight excluding hydrogens is 347 g/mol. The van der Waals surface area contributed by atoms with Crippen LogP contribution >= 0.6 is 11.6 Å². The number of nitrogens with one attached hydrogen (secondary N) is 1. The summed E-state index contributed by atoms with van der Waals surface area (Å²) in [5.41, 5.74) is 1.15. The lowest BCUT2D eigenvalue weighted by molar-refractivity contribution is -0.118. The predicted molar refractivity (Wildman–Crippen MR) is 93.6 cm³/mol. The largest absolute Gasteiger partial charge is 0.484 e. The third-order valence-electron chi connectivity index (χ3n) is 3.78. The Balaban J connectivity index is 1.58. The highest BCUT2D eigenvalue weighted by Crippen LogP contribution is 2.31. The lowest BCUT2D eigenvalue weighted by Crippen LogP contribution is -2.24. The number of benzene rings is 2. The highest BCUT2D eigenvalue weighted by Gasteiger charge is 2.23. The van der Waals surface area contributed by atoms with Gasteiger partial charge in [-0.25, -0.2) is 4.39 Å². The zero-order chi connectivity index (χ0) is 17.8. The Morgan fingerprint density at radius 3 is 2.64 bits per heavy atom. The van der Waals surface area contributed by atoms with Gasteiger partial charge in [0.15, 0.2) is 6.61 Å². The molecule has 0 atom stereocenters. The molecule has 5 nitrogen and oxygen atoms in total. The number of halogens is 2. The van der Waals surface area contributed by atoms with Crippen molar-refractivity contribution in [3.63, 3.8) is 0 Å². The zero-order valence-electron chi connectivity index (χ0n) is 13.3. The third kappa shape index (κ3) is 4.28. The average molecular weight is 363 g/mol. The molecule has 0 spiro atoms. The predicted octanol–water partition coefficient (Wildman–Crippen LogP) is 3.62. The Morgan fingerprint density at radius 2 is 2.00 bits per heavy atom. The van der Waals surface area contributed by atoms with Crippen molar-refractivity contribution in [1.29, 1.82) is 0 Å². The first kappa shape index (κ1) is 17.2. The fraction of sp³-hybridized carbons (Fsp3) is 0.222. The molecule has 1 aliphatic rings. The topological polar surface area (TPSA) is 58.6 Å². The minimum absolute atomic E-state index is 0.0476. The van der Waals surface area contributed by atoms with E-state index in [1.54, 1.807) is 23.1 Å². The molecule has 0 aromatic heterocycles. The molecule has 2 amide bonds. The first-order chi connectivity index (χ1) is 12.0. The van der Waals surface area contributed by atoms with Crippen LogP contribution in [0.5, 0.6) is 5.75 Å². The van der Waals surface area contributed by atoms with Gasteiger partial charge in [-0.15, -0.1) is 0 Å². The molecule has 25 heavy (non-hydrogen) atoms. The van der Waals surface area contributed by atoms with Crippen molar-refractivity contribution in [2.45, 2.75) is 12.8 Å². The van der Waals surface area contributed by atoms with Crippen molar-refractivity contribution >= 4 is 34.8 Å². The molecule has 2 aromatic carbocycles. The fourth-order valence-corrected chi connectivity index (χ4v) is 2.87. The second-order valence-electron chi connectivity index (χ2n) is 5.61. The monoisotopic (exact) mass is 362 g/mol. The number of anilines is 2. The van der Waals surface area contributed by atoms with Gasteiger partial charge in [0, 0.05) is 18.7 Å². The van der Waals surface area contributed by atoms with Gasteiger partial charge in [-0.2, -0.15) is 0 Å². The highest BCUT2D eigenvalue weighted by molar-refractivity contribution is 6.34. The number of amides is 2. The highest BCUT2D eigenvalue weighted by atomic mass is 35.5. The Labute approximate surface area is 149 Å². The van der Waals surface area contributed by atoms with E-state index in [-0.39, 0.29) is 24.2 Å². The average Bonchev–Trinajstić information content (AvgIpc) is 3.00. The van der Waals surface area contributed by atoms with E-state index in [1.807, 2.05) is 0 Å². The van der Waals surface area contributed by atoms with E-state index in [0.717, 1.165) is 6.42 Å². The molecule has 0 saturated carbocycles. The van der Waals surface area contributed by atoms with E-state index >= 15 is 0 Å². The molecule has 7 heteroatoms. The van der Waals surface area contributed by atoms with Gasteiger partial charge in [0.05, 0.1) is 10.7 Å². The Bertz CT molecular complexity index is 795. The molecule has 1 aliphatic heterocycles. The number of ether oxygens (including phenoxy) is 1. The number of carbonyl (C=O) groups is 2. The smallest absolute Gasteiger partial charge is 0.262 e. The van der Waals surface area contributed by atoms with Gasteiger partial charge in [-0.3, -0.25) is 9.59 Å². The van der Waals surface area contributed by atoms with Crippen LogP contribution in [0, 0.1) is 5.82 Å². The molecule has 130 valence electrons. The molecular formula is C18H16ClFN2O3. The molecule has 0 unspecified atom stereocenters. The third-order valence-corrected chi connectivity index (χ3v) is 4.08. The van der Waals surface area contributed by atoms with Gasteiger partial charge in [0.25, 0.3) is 5.91 Å². The summed E-state index contributed by atoms with van der Waals surface area (Å²) in [5.74, 6) is -0.294. The molecule has 1 fully saturated rings. The van der Waals surface area contributed by atoms with E-state index in [9.17, 15) is 14.0 Å². The van der Waals surface area contributed by atoms with Crippen LogP contribution in [0.1, 0.15) is 12.8 Å². The van der Waals surface area contributed by atoms with Crippen molar-refractivity contribution in [3.8, 4) is 5.75 Å². The molecule has 0 bridgehead atoms. The van der Waals surface area contributed by atoms with Crippen LogP contribution in [0.15, 0.2) is 42.5 Å². The molecule has 2 aromatic rings. The van der Waals surface area contributed by atoms with E-state index in [2.05, 4.69) is 5.32 Å². The number of carbonyl (C=O) groups excluding carboxylic acids is 2. The van der Waals surface area contributed by atoms with Gasteiger partial charge in [0.1, 0.15) is 11.6 Å². The SMILES string of the molecule is O=C(COc1ccc(F)cc1)Nc1ccc(N2CCCC2=O)c(Cl)c1. The Kier molecular flexibility index (Phi) is 5.19. The number of hydrogen-bond acceptors (Lipinski definition) is 3. The van der Waals surface area contributed by atoms with Gasteiger partial charge in [-0.05, 0) is 48.9 Å². The number of nitrogens with zero attached hydrogens (tertiary/aromatic N) is 1. The molecule has 0 radical (unpaired) electrons. The Morgan fingerprint density at radius 1 is 1.24 bits per heavy atom. The summed E-state index contributed by atoms with van der Waals surface area (Å²) in [7, 11) is 0. The van der Waals surface area contributed by atoms with Crippen LogP contribution in [-0.2, 0) is 9.59 Å². The van der Waals surface area contributed by atoms with Crippen molar-refractivity contribution in [1.82, 2.24) is 0 Å². The van der Waals surface area contributed by atoms with Crippen molar-refractivity contribution in [2.24, 2.45) is 0 Å². The second kappa shape index (κ2) is 7.53. The summed E-state index contributed by atoms with van der Waals surface area (Å²) in [6.07, 6.45) is 1.34. The lowest BCUT2D eigenvalue weighted by Gasteiger charge is -2.18.